The summed E-state index contributed by atoms with van der Waals surface area (Å²) in [5.74, 6) is -4.66. The lowest BCUT2D eigenvalue weighted by Gasteiger charge is -2.31. The maximum atomic E-state index is 14.1. The van der Waals surface area contributed by atoms with Crippen LogP contribution in [0, 0.1) is 11.8 Å². The number of nitrogens with zero attached hydrogens (tertiary/aromatic N) is 1. The fourth-order valence-corrected chi connectivity index (χ4v) is 6.26. The zero-order valence-corrected chi connectivity index (χ0v) is 21.6. The van der Waals surface area contributed by atoms with Crippen LogP contribution in [0.4, 0.5) is 5.69 Å². The largest absolute Gasteiger partial charge is 0.508 e. The van der Waals surface area contributed by atoms with E-state index in [2.05, 4.69) is 5.32 Å². The third-order valence-electron chi connectivity index (χ3n) is 8.15. The van der Waals surface area contributed by atoms with Crippen molar-refractivity contribution in [2.45, 2.75) is 24.9 Å². The van der Waals surface area contributed by atoms with E-state index in [9.17, 15) is 29.4 Å². The summed E-state index contributed by atoms with van der Waals surface area (Å²) in [5, 5.41) is 25.5. The second kappa shape index (κ2) is 9.43. The minimum atomic E-state index is -1.80. The fourth-order valence-electron chi connectivity index (χ4n) is 6.26. The normalized spacial score (nSPS) is 23.9. The molecule has 4 unspecified atom stereocenters. The number of carbonyl (C=O) groups is 4. The van der Waals surface area contributed by atoms with Crippen molar-refractivity contribution in [3.05, 3.63) is 108 Å². The second-order valence-corrected chi connectivity index (χ2v) is 10.4. The predicted molar refractivity (Wildman–Crippen MR) is 148 cm³/mol. The van der Waals surface area contributed by atoms with Gasteiger partial charge in [0.05, 0.1) is 17.5 Å². The molecule has 0 spiro atoms. The van der Waals surface area contributed by atoms with Gasteiger partial charge in [-0.15, -0.1) is 0 Å². The zero-order chi connectivity index (χ0) is 28.2. The number of benzene rings is 4. The quantitative estimate of drug-likeness (QED) is 0.249. The number of carbonyl (C=O) groups excluding carboxylic acids is 3. The maximum absolute atomic E-state index is 14.1. The third kappa shape index (κ3) is 3.87. The molecule has 4 aromatic carbocycles. The highest BCUT2D eigenvalue weighted by atomic mass is 16.4. The Kier molecular flexibility index (Phi) is 6.00. The SMILES string of the molecule is CC(=O)c1ccc(N2C(=O)C3C(c4cccc5ccccc45)NC(Cc4ccc(O)cc4)(C(=O)O)C3C2=O)cc1. The number of nitrogens with one attached hydrogen (secondary N) is 1. The molecule has 4 atom stereocenters. The molecule has 4 aromatic rings. The standard InChI is InChI=1S/C32H26N2O6/c1-18(35)20-11-13-22(14-12-20)34-29(37)26-27(30(34)38)32(31(39)40,17-19-9-15-23(36)16-10-19)33-28(26)25-8-4-6-21-5-2-3-7-24(21)25/h2-16,26-28,33,36H,17H2,1H3,(H,39,40). The number of imide groups is 1. The van der Waals surface area contributed by atoms with Crippen molar-refractivity contribution >= 4 is 40.0 Å². The van der Waals surface area contributed by atoms with E-state index in [-0.39, 0.29) is 23.6 Å². The van der Waals surface area contributed by atoms with E-state index in [1.807, 2.05) is 42.5 Å². The lowest BCUT2D eigenvalue weighted by Crippen LogP contribution is -2.57. The van der Waals surface area contributed by atoms with Crippen molar-refractivity contribution < 1.29 is 29.4 Å². The number of anilines is 1. The number of aliphatic carboxylic acids is 1. The van der Waals surface area contributed by atoms with Gasteiger partial charge < -0.3 is 10.2 Å². The highest BCUT2D eigenvalue weighted by molar-refractivity contribution is 6.24. The summed E-state index contributed by atoms with van der Waals surface area (Å²) in [4.78, 5) is 54.2. The molecule has 3 N–H and O–H groups in total. The number of phenolic OH excluding ortho intramolecular Hbond substituents is 1. The van der Waals surface area contributed by atoms with Gasteiger partial charge in [-0.1, -0.05) is 54.6 Å². The Bertz CT molecular complexity index is 1670. The number of hydrogen-bond acceptors (Lipinski definition) is 6. The molecule has 2 saturated heterocycles. The molecule has 200 valence electrons. The molecule has 0 radical (unpaired) electrons. The Balaban J connectivity index is 1.52. The summed E-state index contributed by atoms with van der Waals surface area (Å²) < 4.78 is 0. The molecule has 8 nitrogen and oxygen atoms in total. The monoisotopic (exact) mass is 534 g/mol. The van der Waals surface area contributed by atoms with Gasteiger partial charge in [-0.05, 0) is 65.2 Å². The van der Waals surface area contributed by atoms with Gasteiger partial charge in [0.2, 0.25) is 11.8 Å². The van der Waals surface area contributed by atoms with Crippen LogP contribution in [0.3, 0.4) is 0 Å². The Morgan fingerprint density at radius 2 is 1.55 bits per heavy atom. The Morgan fingerprint density at radius 3 is 2.23 bits per heavy atom. The average molecular weight is 535 g/mol. The number of fused-ring (bicyclic) bond motifs is 2. The number of aromatic hydroxyl groups is 1. The molecule has 2 amide bonds. The summed E-state index contributed by atoms with van der Waals surface area (Å²) in [6.45, 7) is 1.43. The van der Waals surface area contributed by atoms with Crippen molar-refractivity contribution in [2.24, 2.45) is 11.8 Å². The Hall–Kier alpha value is -4.82. The molecule has 0 aliphatic carbocycles. The van der Waals surface area contributed by atoms with E-state index < -0.39 is 41.2 Å². The van der Waals surface area contributed by atoms with Gasteiger partial charge in [0, 0.05) is 18.0 Å². The number of Topliss-reactive ketones (excluding diaryl/α,β-unsaturated/α-hetero) is 1. The zero-order valence-electron chi connectivity index (χ0n) is 21.6. The van der Waals surface area contributed by atoms with Gasteiger partial charge in [0.25, 0.3) is 0 Å². The number of phenols is 1. The third-order valence-corrected chi connectivity index (χ3v) is 8.15. The van der Waals surface area contributed by atoms with E-state index in [4.69, 9.17) is 0 Å². The van der Waals surface area contributed by atoms with Crippen molar-refractivity contribution in [3.8, 4) is 5.75 Å². The van der Waals surface area contributed by atoms with Crippen LogP contribution < -0.4 is 10.2 Å². The first-order valence-corrected chi connectivity index (χ1v) is 13.0. The first-order chi connectivity index (χ1) is 19.2. The summed E-state index contributed by atoms with van der Waals surface area (Å²) in [6, 6.07) is 24.9. The first-order valence-electron chi connectivity index (χ1n) is 13.0. The molecular formula is C32H26N2O6. The summed E-state index contributed by atoms with van der Waals surface area (Å²) >= 11 is 0. The Morgan fingerprint density at radius 1 is 0.875 bits per heavy atom. The number of rotatable bonds is 6. The van der Waals surface area contributed by atoms with Crippen LogP contribution in [0.25, 0.3) is 10.8 Å². The van der Waals surface area contributed by atoms with Crippen molar-refractivity contribution in [3.63, 3.8) is 0 Å². The molecule has 2 fully saturated rings. The van der Waals surface area contributed by atoms with Gasteiger partial charge in [0.1, 0.15) is 11.3 Å². The highest BCUT2D eigenvalue weighted by Crippen LogP contribution is 2.51. The lowest BCUT2D eigenvalue weighted by atomic mass is 9.76. The smallest absolute Gasteiger partial charge is 0.325 e. The van der Waals surface area contributed by atoms with Crippen LogP contribution in [0.1, 0.15) is 34.5 Å². The van der Waals surface area contributed by atoms with Gasteiger partial charge in [-0.3, -0.25) is 24.5 Å². The van der Waals surface area contributed by atoms with E-state index in [0.717, 1.165) is 21.2 Å². The molecule has 40 heavy (non-hydrogen) atoms. The van der Waals surface area contributed by atoms with Crippen LogP contribution in [0.15, 0.2) is 91.0 Å². The van der Waals surface area contributed by atoms with Crippen LogP contribution in [0.2, 0.25) is 0 Å². The molecular weight excluding hydrogens is 508 g/mol. The Labute approximate surface area is 229 Å². The second-order valence-electron chi connectivity index (χ2n) is 10.4. The van der Waals surface area contributed by atoms with Crippen molar-refractivity contribution in [1.29, 1.82) is 0 Å². The molecule has 0 saturated carbocycles. The maximum Gasteiger partial charge on any atom is 0.325 e. The van der Waals surface area contributed by atoms with Crippen molar-refractivity contribution in [1.82, 2.24) is 5.32 Å². The minimum absolute atomic E-state index is 0.0336. The molecule has 2 heterocycles. The molecule has 0 aromatic heterocycles. The predicted octanol–water partition coefficient (Wildman–Crippen LogP) is 4.26. The fraction of sp³-hybridized carbons (Fsp3) is 0.188. The van der Waals surface area contributed by atoms with Gasteiger partial charge >= 0.3 is 5.97 Å². The number of ketones is 1. The van der Waals surface area contributed by atoms with Crippen LogP contribution in [-0.4, -0.2) is 39.3 Å². The topological polar surface area (TPSA) is 124 Å². The van der Waals surface area contributed by atoms with E-state index in [1.54, 1.807) is 24.3 Å². The lowest BCUT2D eigenvalue weighted by molar-refractivity contribution is -0.148. The van der Waals surface area contributed by atoms with Crippen LogP contribution >= 0.6 is 0 Å². The number of hydrogen-bond donors (Lipinski definition) is 3. The molecule has 6 rings (SSSR count). The highest BCUT2D eigenvalue weighted by Gasteiger charge is 2.68. The number of carboxylic acids is 1. The van der Waals surface area contributed by atoms with E-state index in [1.165, 1.54) is 31.2 Å². The minimum Gasteiger partial charge on any atom is -0.508 e. The molecule has 2 aliphatic rings. The van der Waals surface area contributed by atoms with Crippen LogP contribution in [-0.2, 0) is 20.8 Å². The van der Waals surface area contributed by atoms with Gasteiger partial charge in [-0.25, -0.2) is 4.90 Å². The average Bonchev–Trinajstić information content (AvgIpc) is 3.43. The van der Waals surface area contributed by atoms with Crippen LogP contribution in [0.5, 0.6) is 5.75 Å². The molecule has 8 heteroatoms. The van der Waals surface area contributed by atoms with E-state index >= 15 is 0 Å². The summed E-state index contributed by atoms with van der Waals surface area (Å²) in [5.41, 5.74) is 0.247. The van der Waals surface area contributed by atoms with Gasteiger partial charge in [-0.2, -0.15) is 0 Å². The summed E-state index contributed by atoms with van der Waals surface area (Å²) in [7, 11) is 0. The summed E-state index contributed by atoms with van der Waals surface area (Å²) in [6.07, 6.45) is -0.0822. The van der Waals surface area contributed by atoms with Crippen molar-refractivity contribution in [2.75, 3.05) is 4.90 Å². The molecule has 2 aliphatic heterocycles. The first kappa shape index (κ1) is 25.5. The van der Waals surface area contributed by atoms with E-state index in [0.29, 0.717) is 11.1 Å². The number of amides is 2. The van der Waals surface area contributed by atoms with Gasteiger partial charge in [0.15, 0.2) is 5.78 Å². The molecule has 0 bridgehead atoms. The number of carboxylic acid groups (broad SMARTS) is 1.